The van der Waals surface area contributed by atoms with Gasteiger partial charge < -0.3 is 4.42 Å². The van der Waals surface area contributed by atoms with E-state index in [4.69, 9.17) is 4.42 Å². The van der Waals surface area contributed by atoms with Gasteiger partial charge in [0.25, 0.3) is 5.69 Å². The van der Waals surface area contributed by atoms with E-state index in [1.165, 1.54) is 24.3 Å². The van der Waals surface area contributed by atoms with Crippen LogP contribution in [-0.2, 0) is 8.87 Å². The molecule has 0 N–H and O–H groups in total. The summed E-state index contributed by atoms with van der Waals surface area (Å²) in [5.74, 6) is 0.450. The molecule has 0 spiro atoms. The maximum atomic E-state index is 13.1. The number of nitro groups is 1. The highest BCUT2D eigenvalue weighted by molar-refractivity contribution is 8.72. The highest BCUT2D eigenvalue weighted by atomic mass is 33.1. The summed E-state index contributed by atoms with van der Waals surface area (Å²) in [6, 6.07) is 23.3. The number of para-hydroxylation sites is 1. The third-order valence-corrected chi connectivity index (χ3v) is 8.33. The number of nitro benzene ring substituents is 1. The number of rotatable bonds is 6. The molecule has 0 aliphatic carbocycles. The van der Waals surface area contributed by atoms with Gasteiger partial charge in [-0.2, -0.15) is 0 Å². The van der Waals surface area contributed by atoms with Crippen LogP contribution in [0.2, 0.25) is 0 Å². The lowest BCUT2D eigenvalue weighted by Gasteiger charge is -2.08. The number of benzene rings is 3. The minimum atomic E-state index is -3.80. The molecule has 5 rings (SSSR count). The lowest BCUT2D eigenvalue weighted by molar-refractivity contribution is -0.384. The van der Waals surface area contributed by atoms with Crippen LogP contribution >= 0.6 is 10.8 Å². The number of aromatic nitrogens is 2. The van der Waals surface area contributed by atoms with Crippen LogP contribution in [0.4, 0.5) is 5.69 Å². The molecule has 0 unspecified atom stereocenters. The number of hydrogen-bond donors (Lipinski definition) is 0. The SMILES string of the molecule is Cc1ccc(S(=O)(=O)Sc2nc(-c3ccc([N+](=O)[O-])cc3)cc(-c3cc4ccccc4o3)n2)cc1. The van der Waals surface area contributed by atoms with Gasteiger partial charge in [0.05, 0.1) is 26.3 Å². The van der Waals surface area contributed by atoms with Crippen LogP contribution in [0.1, 0.15) is 5.56 Å². The molecule has 0 amide bonds. The van der Waals surface area contributed by atoms with Gasteiger partial charge in [0.2, 0.25) is 14.0 Å². The number of nitrogens with zero attached hydrogens (tertiary/aromatic N) is 3. The molecule has 0 saturated heterocycles. The fourth-order valence-electron chi connectivity index (χ4n) is 3.45. The summed E-state index contributed by atoms with van der Waals surface area (Å²) >= 11 is 0. The molecule has 0 atom stereocenters. The highest BCUT2D eigenvalue weighted by Crippen LogP contribution is 2.34. The fraction of sp³-hybridized carbons (Fsp3) is 0.0400. The molecule has 35 heavy (non-hydrogen) atoms. The Morgan fingerprint density at radius 3 is 2.26 bits per heavy atom. The molecule has 2 aromatic heterocycles. The zero-order valence-corrected chi connectivity index (χ0v) is 19.9. The summed E-state index contributed by atoms with van der Waals surface area (Å²) in [6.45, 7) is 1.87. The fourth-order valence-corrected chi connectivity index (χ4v) is 5.92. The van der Waals surface area contributed by atoms with Gasteiger partial charge in [-0.15, -0.1) is 0 Å². The van der Waals surface area contributed by atoms with Gasteiger partial charge in [0.1, 0.15) is 11.3 Å². The number of non-ortho nitro benzene ring substituents is 1. The van der Waals surface area contributed by atoms with Crippen molar-refractivity contribution in [1.82, 2.24) is 9.97 Å². The molecule has 5 aromatic rings. The van der Waals surface area contributed by atoms with Crippen molar-refractivity contribution >= 4 is 36.3 Å². The maximum absolute atomic E-state index is 13.1. The number of hydrogen-bond acceptors (Lipinski definition) is 8. The summed E-state index contributed by atoms with van der Waals surface area (Å²) in [7, 11) is -3.26. The van der Waals surface area contributed by atoms with Crippen molar-refractivity contribution in [3.63, 3.8) is 0 Å². The first kappa shape index (κ1) is 22.8. The van der Waals surface area contributed by atoms with Crippen molar-refractivity contribution in [2.45, 2.75) is 17.0 Å². The lowest BCUT2D eigenvalue weighted by atomic mass is 10.1. The van der Waals surface area contributed by atoms with Crippen molar-refractivity contribution in [1.29, 1.82) is 0 Å². The molecule has 0 aliphatic heterocycles. The molecule has 0 radical (unpaired) electrons. The van der Waals surface area contributed by atoms with Crippen molar-refractivity contribution < 1.29 is 17.8 Å². The molecule has 0 aliphatic rings. The van der Waals surface area contributed by atoms with Gasteiger partial charge in [-0.3, -0.25) is 10.1 Å². The molecule has 0 fully saturated rings. The van der Waals surface area contributed by atoms with E-state index in [9.17, 15) is 18.5 Å². The summed E-state index contributed by atoms with van der Waals surface area (Å²) < 4.78 is 32.0. The molecular formula is C25H17N3O5S2. The van der Waals surface area contributed by atoms with Gasteiger partial charge in [0, 0.05) is 23.1 Å². The second-order valence-corrected chi connectivity index (χ2v) is 11.5. The molecule has 8 nitrogen and oxygen atoms in total. The van der Waals surface area contributed by atoms with Crippen LogP contribution in [0.3, 0.4) is 0 Å². The summed E-state index contributed by atoms with van der Waals surface area (Å²) in [6.07, 6.45) is 0. The minimum absolute atomic E-state index is 0.0110. The third-order valence-electron chi connectivity index (χ3n) is 5.25. The van der Waals surface area contributed by atoms with Crippen LogP contribution in [0.15, 0.2) is 99.4 Å². The Morgan fingerprint density at radius 2 is 1.57 bits per heavy atom. The van der Waals surface area contributed by atoms with Crippen LogP contribution in [0.25, 0.3) is 33.7 Å². The standard InChI is InChI=1S/C25H17N3O5S2/c1-16-6-12-20(13-7-16)35(31,32)34-25-26-21(17-8-10-19(11-9-17)28(29)30)15-22(27-25)24-14-18-4-2-3-5-23(18)33-24/h2-15H,1H3. The Balaban J connectivity index is 1.61. The zero-order valence-electron chi connectivity index (χ0n) is 18.3. The first-order valence-electron chi connectivity index (χ1n) is 10.4. The van der Waals surface area contributed by atoms with Crippen LogP contribution < -0.4 is 0 Å². The normalized spacial score (nSPS) is 11.6. The van der Waals surface area contributed by atoms with Gasteiger partial charge in [-0.05, 0) is 49.4 Å². The molecular weight excluding hydrogens is 486 g/mol. The van der Waals surface area contributed by atoms with E-state index in [0.717, 1.165) is 10.9 Å². The second kappa shape index (κ2) is 8.97. The smallest absolute Gasteiger partial charge is 0.269 e. The molecule has 174 valence electrons. The van der Waals surface area contributed by atoms with Crippen molar-refractivity contribution in [3.8, 4) is 22.7 Å². The number of aryl methyl sites for hydroxylation is 1. The third kappa shape index (κ3) is 4.79. The zero-order chi connectivity index (χ0) is 24.6. The first-order chi connectivity index (χ1) is 16.8. The van der Waals surface area contributed by atoms with E-state index in [0.29, 0.717) is 39.1 Å². The summed E-state index contributed by atoms with van der Waals surface area (Å²) in [4.78, 5) is 19.6. The number of fused-ring (bicyclic) bond motifs is 1. The van der Waals surface area contributed by atoms with E-state index in [1.807, 2.05) is 37.3 Å². The monoisotopic (exact) mass is 503 g/mol. The van der Waals surface area contributed by atoms with E-state index < -0.39 is 13.8 Å². The lowest BCUT2D eigenvalue weighted by Crippen LogP contribution is -2.00. The predicted molar refractivity (Wildman–Crippen MR) is 134 cm³/mol. The Labute approximate surface area is 204 Å². The van der Waals surface area contributed by atoms with Crippen molar-refractivity contribution in [2.24, 2.45) is 0 Å². The van der Waals surface area contributed by atoms with Crippen molar-refractivity contribution in [2.75, 3.05) is 0 Å². The van der Waals surface area contributed by atoms with E-state index in [-0.39, 0.29) is 15.7 Å². The van der Waals surface area contributed by atoms with Crippen LogP contribution in [0, 0.1) is 17.0 Å². The predicted octanol–water partition coefficient (Wildman–Crippen LogP) is 6.25. The minimum Gasteiger partial charge on any atom is -0.454 e. The average Bonchev–Trinajstić information content (AvgIpc) is 3.28. The van der Waals surface area contributed by atoms with Crippen LogP contribution in [-0.4, -0.2) is 23.3 Å². The largest absolute Gasteiger partial charge is 0.454 e. The highest BCUT2D eigenvalue weighted by Gasteiger charge is 2.21. The molecule has 0 bridgehead atoms. The summed E-state index contributed by atoms with van der Waals surface area (Å²) in [5, 5.41) is 11.9. The van der Waals surface area contributed by atoms with Gasteiger partial charge >= 0.3 is 0 Å². The van der Waals surface area contributed by atoms with E-state index >= 15 is 0 Å². The Morgan fingerprint density at radius 1 is 0.886 bits per heavy atom. The molecule has 0 saturated carbocycles. The van der Waals surface area contributed by atoms with E-state index in [1.54, 1.807) is 30.3 Å². The van der Waals surface area contributed by atoms with Gasteiger partial charge in [-0.1, -0.05) is 35.9 Å². The Kier molecular flexibility index (Phi) is 5.83. The van der Waals surface area contributed by atoms with Crippen molar-refractivity contribution in [3.05, 3.63) is 101 Å². The van der Waals surface area contributed by atoms with Gasteiger partial charge in [-0.25, -0.2) is 18.4 Å². The summed E-state index contributed by atoms with van der Waals surface area (Å²) in [5.41, 5.74) is 2.93. The maximum Gasteiger partial charge on any atom is 0.269 e. The Hall–Kier alpha value is -4.02. The van der Waals surface area contributed by atoms with E-state index in [2.05, 4.69) is 9.97 Å². The average molecular weight is 504 g/mol. The first-order valence-corrected chi connectivity index (χ1v) is 13.2. The molecule has 10 heteroatoms. The topological polar surface area (TPSA) is 116 Å². The van der Waals surface area contributed by atoms with Gasteiger partial charge in [0.15, 0.2) is 5.76 Å². The molecule has 3 aromatic carbocycles. The second-order valence-electron chi connectivity index (χ2n) is 7.72. The quantitative estimate of drug-likeness (QED) is 0.115. The Bertz CT molecular complexity index is 1630. The molecule has 2 heterocycles. The number of furan rings is 1. The van der Waals surface area contributed by atoms with Crippen LogP contribution in [0.5, 0.6) is 0 Å².